The van der Waals surface area contributed by atoms with Gasteiger partial charge in [0.1, 0.15) is 0 Å². The number of rotatable bonds is 2. The van der Waals surface area contributed by atoms with E-state index in [1.807, 2.05) is 6.92 Å². The number of piperidine rings is 1. The number of aliphatic carboxylic acids is 1. The summed E-state index contributed by atoms with van der Waals surface area (Å²) in [5.41, 5.74) is -0.585. The van der Waals surface area contributed by atoms with E-state index in [0.717, 1.165) is 19.4 Å². The van der Waals surface area contributed by atoms with Crippen molar-refractivity contribution in [3.8, 4) is 0 Å². The topological polar surface area (TPSA) is 52.2 Å². The molecular formula is C8H14NO2-. The summed E-state index contributed by atoms with van der Waals surface area (Å²) in [5.74, 6) is -0.896. The largest absolute Gasteiger partial charge is 0.550 e. The summed E-state index contributed by atoms with van der Waals surface area (Å²) in [7, 11) is 0. The Labute approximate surface area is 66.8 Å². The smallest absolute Gasteiger partial charge is 0.0488 e. The summed E-state index contributed by atoms with van der Waals surface area (Å²) in [4.78, 5) is 10.8. The highest BCUT2D eigenvalue weighted by Crippen LogP contribution is 2.28. The number of nitrogens with one attached hydrogen (secondary N) is 1. The van der Waals surface area contributed by atoms with Crippen LogP contribution in [0.1, 0.15) is 26.2 Å². The Balaban J connectivity index is 2.64. The Bertz CT molecular complexity index is 150. The molecule has 1 saturated heterocycles. The summed E-state index contributed by atoms with van der Waals surface area (Å²) < 4.78 is 0. The zero-order valence-electron chi connectivity index (χ0n) is 6.85. The average molecular weight is 156 g/mol. The Morgan fingerprint density at radius 3 is 2.73 bits per heavy atom. The Hall–Kier alpha value is -0.570. The fraction of sp³-hybridized carbons (Fsp3) is 0.875. The molecule has 1 atom stereocenters. The van der Waals surface area contributed by atoms with Gasteiger partial charge in [0, 0.05) is 17.9 Å². The van der Waals surface area contributed by atoms with E-state index in [1.165, 1.54) is 0 Å². The van der Waals surface area contributed by atoms with Gasteiger partial charge in [-0.05, 0) is 25.8 Å². The van der Waals surface area contributed by atoms with Gasteiger partial charge >= 0.3 is 0 Å². The van der Waals surface area contributed by atoms with Crippen molar-refractivity contribution in [3.63, 3.8) is 0 Å². The number of carboxylic acid groups (broad SMARTS) is 1. The lowest BCUT2D eigenvalue weighted by molar-refractivity contribution is -0.320. The van der Waals surface area contributed by atoms with Crippen molar-refractivity contribution < 1.29 is 9.90 Å². The van der Waals surface area contributed by atoms with Gasteiger partial charge in [0.05, 0.1) is 0 Å². The molecule has 0 aromatic heterocycles. The number of carbonyl (C=O) groups excluding carboxylic acids is 1. The van der Waals surface area contributed by atoms with Crippen LogP contribution < -0.4 is 10.4 Å². The van der Waals surface area contributed by atoms with Crippen LogP contribution in [0.25, 0.3) is 0 Å². The van der Waals surface area contributed by atoms with Gasteiger partial charge in [0.25, 0.3) is 0 Å². The van der Waals surface area contributed by atoms with Gasteiger partial charge < -0.3 is 15.2 Å². The standard InChI is InChI=1S/C8H15NO2/c1-2-8(7(10)11)4-3-5-9-6-8/h9H,2-6H2,1H3,(H,10,11)/p-1. The second-order valence-electron chi connectivity index (χ2n) is 3.20. The van der Waals surface area contributed by atoms with Crippen molar-refractivity contribution >= 4 is 5.97 Å². The average Bonchev–Trinajstić information content (AvgIpc) is 2.05. The third kappa shape index (κ3) is 1.53. The van der Waals surface area contributed by atoms with Crippen LogP contribution >= 0.6 is 0 Å². The second-order valence-corrected chi connectivity index (χ2v) is 3.20. The van der Waals surface area contributed by atoms with Crippen LogP contribution in [0, 0.1) is 5.41 Å². The van der Waals surface area contributed by atoms with Gasteiger partial charge in [0.15, 0.2) is 0 Å². The van der Waals surface area contributed by atoms with Crippen molar-refractivity contribution in [3.05, 3.63) is 0 Å². The Morgan fingerprint density at radius 1 is 1.73 bits per heavy atom. The molecule has 0 aromatic rings. The van der Waals surface area contributed by atoms with E-state index in [-0.39, 0.29) is 0 Å². The predicted octanol–water partition coefficient (Wildman–Crippen LogP) is -0.484. The van der Waals surface area contributed by atoms with Gasteiger partial charge in [-0.15, -0.1) is 0 Å². The predicted molar refractivity (Wildman–Crippen MR) is 39.8 cm³/mol. The molecule has 0 aromatic carbocycles. The minimum atomic E-state index is -0.896. The van der Waals surface area contributed by atoms with Crippen LogP contribution in [0.4, 0.5) is 0 Å². The zero-order chi connectivity index (χ0) is 8.32. The van der Waals surface area contributed by atoms with Crippen molar-refractivity contribution in [2.24, 2.45) is 5.41 Å². The van der Waals surface area contributed by atoms with E-state index in [4.69, 9.17) is 0 Å². The van der Waals surface area contributed by atoms with E-state index in [2.05, 4.69) is 5.32 Å². The SMILES string of the molecule is CCC1(C(=O)[O-])CCCNC1. The van der Waals surface area contributed by atoms with Crippen LogP contribution in [0.5, 0.6) is 0 Å². The number of carboxylic acids is 1. The van der Waals surface area contributed by atoms with Gasteiger partial charge in [-0.25, -0.2) is 0 Å². The minimum absolute atomic E-state index is 0.575. The third-order valence-corrected chi connectivity index (χ3v) is 2.58. The molecule has 11 heavy (non-hydrogen) atoms. The molecule has 1 unspecified atom stereocenters. The molecule has 0 bridgehead atoms. The molecule has 1 aliphatic heterocycles. The fourth-order valence-corrected chi connectivity index (χ4v) is 1.59. The molecule has 3 nitrogen and oxygen atoms in total. The molecule has 0 spiro atoms. The molecule has 0 radical (unpaired) electrons. The maximum Gasteiger partial charge on any atom is 0.0488 e. The minimum Gasteiger partial charge on any atom is -0.550 e. The highest BCUT2D eigenvalue weighted by atomic mass is 16.4. The molecular weight excluding hydrogens is 142 g/mol. The maximum absolute atomic E-state index is 10.8. The monoisotopic (exact) mass is 156 g/mol. The highest BCUT2D eigenvalue weighted by Gasteiger charge is 2.31. The van der Waals surface area contributed by atoms with E-state index in [9.17, 15) is 9.90 Å². The summed E-state index contributed by atoms with van der Waals surface area (Å²) in [6.07, 6.45) is 2.38. The van der Waals surface area contributed by atoms with Gasteiger partial charge in [-0.1, -0.05) is 6.92 Å². The van der Waals surface area contributed by atoms with Crippen LogP contribution in [-0.2, 0) is 4.79 Å². The van der Waals surface area contributed by atoms with Crippen LogP contribution in [0.2, 0.25) is 0 Å². The molecule has 0 amide bonds. The fourth-order valence-electron chi connectivity index (χ4n) is 1.59. The highest BCUT2D eigenvalue weighted by molar-refractivity contribution is 5.72. The lowest BCUT2D eigenvalue weighted by Gasteiger charge is -2.37. The van der Waals surface area contributed by atoms with E-state index < -0.39 is 11.4 Å². The molecule has 3 heteroatoms. The van der Waals surface area contributed by atoms with Crippen LogP contribution in [0.15, 0.2) is 0 Å². The molecule has 0 saturated carbocycles. The number of hydrogen-bond donors (Lipinski definition) is 1. The van der Waals surface area contributed by atoms with Gasteiger partial charge in [0.2, 0.25) is 0 Å². The van der Waals surface area contributed by atoms with Crippen LogP contribution in [0.3, 0.4) is 0 Å². The van der Waals surface area contributed by atoms with Gasteiger partial charge in [-0.2, -0.15) is 0 Å². The first-order chi connectivity index (χ1) is 5.21. The van der Waals surface area contributed by atoms with Crippen molar-refractivity contribution in [1.82, 2.24) is 5.32 Å². The molecule has 1 heterocycles. The summed E-state index contributed by atoms with van der Waals surface area (Å²) in [6.45, 7) is 3.42. The van der Waals surface area contributed by atoms with E-state index in [1.54, 1.807) is 0 Å². The first kappa shape index (κ1) is 8.53. The Kier molecular flexibility index (Phi) is 2.49. The lowest BCUT2D eigenvalue weighted by atomic mass is 9.78. The van der Waals surface area contributed by atoms with E-state index >= 15 is 0 Å². The van der Waals surface area contributed by atoms with Crippen molar-refractivity contribution in [2.45, 2.75) is 26.2 Å². The summed E-state index contributed by atoms with van der Waals surface area (Å²) in [6, 6.07) is 0. The normalized spacial score (nSPS) is 31.7. The number of carbonyl (C=O) groups is 1. The molecule has 0 aliphatic carbocycles. The second kappa shape index (κ2) is 3.22. The zero-order valence-corrected chi connectivity index (χ0v) is 6.85. The Morgan fingerprint density at radius 2 is 2.45 bits per heavy atom. The summed E-state index contributed by atoms with van der Waals surface area (Å²) >= 11 is 0. The van der Waals surface area contributed by atoms with Gasteiger partial charge in [-0.3, -0.25) is 0 Å². The lowest BCUT2D eigenvalue weighted by Crippen LogP contribution is -2.51. The first-order valence-corrected chi connectivity index (χ1v) is 4.13. The number of hydrogen-bond acceptors (Lipinski definition) is 3. The van der Waals surface area contributed by atoms with Crippen LogP contribution in [-0.4, -0.2) is 19.1 Å². The van der Waals surface area contributed by atoms with E-state index in [0.29, 0.717) is 13.0 Å². The molecule has 1 rings (SSSR count). The third-order valence-electron chi connectivity index (χ3n) is 2.58. The quantitative estimate of drug-likeness (QED) is 0.587. The molecule has 1 aliphatic rings. The molecule has 1 N–H and O–H groups in total. The summed E-state index contributed by atoms with van der Waals surface area (Å²) in [5, 5.41) is 13.8. The maximum atomic E-state index is 10.8. The van der Waals surface area contributed by atoms with Crippen molar-refractivity contribution in [2.75, 3.05) is 13.1 Å². The first-order valence-electron chi connectivity index (χ1n) is 4.13. The molecule has 1 fully saturated rings. The molecule has 64 valence electrons. The van der Waals surface area contributed by atoms with Crippen molar-refractivity contribution in [1.29, 1.82) is 0 Å².